The van der Waals surface area contributed by atoms with Crippen molar-refractivity contribution in [3.05, 3.63) is 71.3 Å². The Morgan fingerprint density at radius 3 is 2.26 bits per heavy atom. The van der Waals surface area contributed by atoms with Crippen molar-refractivity contribution >= 4 is 11.8 Å². The fraction of sp³-hybridized carbons (Fsp3) is 0.263. The second-order valence-corrected chi connectivity index (χ2v) is 5.63. The van der Waals surface area contributed by atoms with E-state index in [1.54, 1.807) is 0 Å². The van der Waals surface area contributed by atoms with Crippen LogP contribution in [0.1, 0.15) is 36.1 Å². The van der Waals surface area contributed by atoms with E-state index in [1.807, 2.05) is 61.5 Å². The van der Waals surface area contributed by atoms with Crippen LogP contribution in [0.25, 0.3) is 0 Å². The van der Waals surface area contributed by atoms with Gasteiger partial charge in [-0.15, -0.1) is 0 Å². The lowest BCUT2D eigenvalue weighted by Crippen LogP contribution is -2.32. The molecular formula is C19H22N2O2. The van der Waals surface area contributed by atoms with Crippen LogP contribution in [-0.2, 0) is 16.1 Å². The van der Waals surface area contributed by atoms with Gasteiger partial charge in [-0.3, -0.25) is 9.59 Å². The Hall–Kier alpha value is -2.62. The van der Waals surface area contributed by atoms with E-state index in [4.69, 9.17) is 0 Å². The standard InChI is InChI=1S/C19H22N2O2/c1-14-8-10-17(11-9-14)18(21-15(2)22)12-19(23)20-13-16-6-4-3-5-7-16/h3-11,18H,12-13H2,1-2H3,(H,20,23)(H,21,22)/t18-/m1/s1. The summed E-state index contributed by atoms with van der Waals surface area (Å²) in [5.41, 5.74) is 3.12. The first-order chi connectivity index (χ1) is 11.0. The second-order valence-electron chi connectivity index (χ2n) is 5.63. The highest BCUT2D eigenvalue weighted by atomic mass is 16.2. The molecule has 2 aromatic carbocycles. The molecule has 0 saturated heterocycles. The van der Waals surface area contributed by atoms with E-state index in [1.165, 1.54) is 6.92 Å². The van der Waals surface area contributed by atoms with Crippen molar-refractivity contribution in [2.75, 3.05) is 0 Å². The third-order valence-electron chi connectivity index (χ3n) is 3.58. The largest absolute Gasteiger partial charge is 0.352 e. The average molecular weight is 310 g/mol. The zero-order valence-electron chi connectivity index (χ0n) is 13.5. The van der Waals surface area contributed by atoms with E-state index in [0.717, 1.165) is 16.7 Å². The molecule has 2 aromatic rings. The molecule has 120 valence electrons. The van der Waals surface area contributed by atoms with Crippen LogP contribution >= 0.6 is 0 Å². The van der Waals surface area contributed by atoms with Crippen LogP contribution in [0.2, 0.25) is 0 Å². The maximum absolute atomic E-state index is 12.2. The number of hydrogen-bond acceptors (Lipinski definition) is 2. The third kappa shape index (κ3) is 5.58. The van der Waals surface area contributed by atoms with E-state index in [0.29, 0.717) is 6.54 Å². The van der Waals surface area contributed by atoms with Gasteiger partial charge in [-0.05, 0) is 18.1 Å². The van der Waals surface area contributed by atoms with Crippen LogP contribution < -0.4 is 10.6 Å². The third-order valence-corrected chi connectivity index (χ3v) is 3.58. The molecule has 2 rings (SSSR count). The molecule has 0 aliphatic carbocycles. The minimum absolute atomic E-state index is 0.0896. The molecule has 0 aliphatic heterocycles. The van der Waals surface area contributed by atoms with E-state index >= 15 is 0 Å². The van der Waals surface area contributed by atoms with Crippen LogP contribution in [0.3, 0.4) is 0 Å². The Bertz CT molecular complexity index is 651. The van der Waals surface area contributed by atoms with Gasteiger partial charge in [-0.25, -0.2) is 0 Å². The van der Waals surface area contributed by atoms with Gasteiger partial charge >= 0.3 is 0 Å². The summed E-state index contributed by atoms with van der Waals surface area (Å²) in [5, 5.41) is 5.74. The monoisotopic (exact) mass is 310 g/mol. The summed E-state index contributed by atoms with van der Waals surface area (Å²) in [6.45, 7) is 3.95. The van der Waals surface area contributed by atoms with Gasteiger partial charge in [0.25, 0.3) is 0 Å². The Labute approximate surface area is 136 Å². The molecule has 0 bridgehead atoms. The van der Waals surface area contributed by atoms with Crippen molar-refractivity contribution in [3.63, 3.8) is 0 Å². The van der Waals surface area contributed by atoms with Gasteiger partial charge in [-0.1, -0.05) is 60.2 Å². The highest BCUT2D eigenvalue weighted by Crippen LogP contribution is 2.17. The molecule has 0 unspecified atom stereocenters. The van der Waals surface area contributed by atoms with E-state index in [2.05, 4.69) is 10.6 Å². The highest BCUT2D eigenvalue weighted by molar-refractivity contribution is 5.79. The van der Waals surface area contributed by atoms with Crippen LogP contribution in [0.4, 0.5) is 0 Å². The highest BCUT2D eigenvalue weighted by Gasteiger charge is 2.16. The number of rotatable bonds is 6. The quantitative estimate of drug-likeness (QED) is 0.862. The molecule has 2 N–H and O–H groups in total. The minimum atomic E-state index is -0.316. The molecule has 0 radical (unpaired) electrons. The molecule has 0 spiro atoms. The second kappa shape index (κ2) is 8.13. The summed E-state index contributed by atoms with van der Waals surface area (Å²) in [7, 11) is 0. The summed E-state index contributed by atoms with van der Waals surface area (Å²) in [6, 6.07) is 17.3. The molecule has 0 fully saturated rings. The molecule has 4 heteroatoms. The molecule has 4 nitrogen and oxygen atoms in total. The van der Waals surface area contributed by atoms with Gasteiger partial charge in [0.05, 0.1) is 12.5 Å². The normalized spacial score (nSPS) is 11.6. The Balaban J connectivity index is 1.98. The fourth-order valence-electron chi connectivity index (χ4n) is 2.35. The first kappa shape index (κ1) is 16.7. The number of hydrogen-bond donors (Lipinski definition) is 2. The Kier molecular flexibility index (Phi) is 5.92. The topological polar surface area (TPSA) is 58.2 Å². The molecule has 23 heavy (non-hydrogen) atoms. The maximum atomic E-state index is 12.2. The van der Waals surface area contributed by atoms with Gasteiger partial charge in [-0.2, -0.15) is 0 Å². The molecule has 0 aromatic heterocycles. The van der Waals surface area contributed by atoms with Crippen molar-refractivity contribution < 1.29 is 9.59 Å². The predicted octanol–water partition coefficient (Wildman–Crippen LogP) is 2.88. The number of nitrogens with one attached hydrogen (secondary N) is 2. The number of carbonyl (C=O) groups is 2. The summed E-state index contributed by atoms with van der Waals surface area (Å²) in [4.78, 5) is 23.6. The van der Waals surface area contributed by atoms with Crippen LogP contribution in [0.15, 0.2) is 54.6 Å². The predicted molar refractivity (Wildman–Crippen MR) is 90.6 cm³/mol. The van der Waals surface area contributed by atoms with Gasteiger partial charge in [0, 0.05) is 13.5 Å². The Morgan fingerprint density at radius 1 is 1.00 bits per heavy atom. The number of carbonyl (C=O) groups excluding carboxylic acids is 2. The fourth-order valence-corrected chi connectivity index (χ4v) is 2.35. The SMILES string of the molecule is CC(=O)N[C@H](CC(=O)NCc1ccccc1)c1ccc(C)cc1. The number of aryl methyl sites for hydroxylation is 1. The minimum Gasteiger partial charge on any atom is -0.352 e. The summed E-state index contributed by atoms with van der Waals surface area (Å²) in [6.07, 6.45) is 0.218. The van der Waals surface area contributed by atoms with Gasteiger partial charge < -0.3 is 10.6 Å². The zero-order chi connectivity index (χ0) is 16.7. The first-order valence-electron chi connectivity index (χ1n) is 7.69. The van der Waals surface area contributed by atoms with Crippen molar-refractivity contribution in [2.24, 2.45) is 0 Å². The molecule has 1 atom stereocenters. The zero-order valence-corrected chi connectivity index (χ0v) is 13.5. The summed E-state index contributed by atoms with van der Waals surface area (Å²) >= 11 is 0. The molecular weight excluding hydrogens is 288 g/mol. The molecule has 0 aliphatic rings. The lowest BCUT2D eigenvalue weighted by molar-refractivity contribution is -0.122. The van der Waals surface area contributed by atoms with Gasteiger partial charge in [0.2, 0.25) is 11.8 Å². The van der Waals surface area contributed by atoms with Crippen molar-refractivity contribution in [1.82, 2.24) is 10.6 Å². The van der Waals surface area contributed by atoms with Crippen LogP contribution in [-0.4, -0.2) is 11.8 Å². The van der Waals surface area contributed by atoms with Gasteiger partial charge in [0.1, 0.15) is 0 Å². The molecule has 0 saturated carbocycles. The lowest BCUT2D eigenvalue weighted by atomic mass is 10.0. The van der Waals surface area contributed by atoms with Crippen molar-refractivity contribution in [1.29, 1.82) is 0 Å². The van der Waals surface area contributed by atoms with Crippen molar-refractivity contribution in [3.8, 4) is 0 Å². The number of amides is 2. The van der Waals surface area contributed by atoms with E-state index in [-0.39, 0.29) is 24.3 Å². The molecule has 2 amide bonds. The van der Waals surface area contributed by atoms with Crippen molar-refractivity contribution in [2.45, 2.75) is 32.9 Å². The van der Waals surface area contributed by atoms with E-state index < -0.39 is 0 Å². The summed E-state index contributed by atoms with van der Waals surface area (Å²) in [5.74, 6) is -0.236. The van der Waals surface area contributed by atoms with E-state index in [9.17, 15) is 9.59 Å². The smallest absolute Gasteiger partial charge is 0.222 e. The van der Waals surface area contributed by atoms with Crippen LogP contribution in [0, 0.1) is 6.92 Å². The lowest BCUT2D eigenvalue weighted by Gasteiger charge is -2.18. The number of benzene rings is 2. The van der Waals surface area contributed by atoms with Crippen LogP contribution in [0.5, 0.6) is 0 Å². The first-order valence-corrected chi connectivity index (χ1v) is 7.69. The summed E-state index contributed by atoms with van der Waals surface area (Å²) < 4.78 is 0. The Morgan fingerprint density at radius 2 is 1.65 bits per heavy atom. The maximum Gasteiger partial charge on any atom is 0.222 e. The van der Waals surface area contributed by atoms with Gasteiger partial charge in [0.15, 0.2) is 0 Å². The average Bonchev–Trinajstić information content (AvgIpc) is 2.53. The molecule has 0 heterocycles.